The monoisotopic (exact) mass is 263 g/mol. The lowest BCUT2D eigenvalue weighted by atomic mass is 10.2. The number of nitrogens with one attached hydrogen (secondary N) is 1. The van der Waals surface area contributed by atoms with Crippen LogP contribution in [0.1, 0.15) is 31.4 Å². The largest absolute Gasteiger partial charge is 0.464 e. The van der Waals surface area contributed by atoms with Crippen molar-refractivity contribution >= 4 is 5.91 Å². The summed E-state index contributed by atoms with van der Waals surface area (Å²) in [7, 11) is 1.60. The lowest BCUT2D eigenvalue weighted by molar-refractivity contribution is -0.117. The normalized spacial score (nSPS) is 13.2. The van der Waals surface area contributed by atoms with Crippen LogP contribution < -0.4 is 5.32 Å². The fourth-order valence-corrected chi connectivity index (χ4v) is 1.61. The van der Waals surface area contributed by atoms with Crippen LogP contribution in [-0.4, -0.2) is 19.6 Å². The molecule has 0 aliphatic carbocycles. The Morgan fingerprint density at radius 3 is 2.84 bits per heavy atom. The quantitative estimate of drug-likeness (QED) is 0.608. The Kier molecular flexibility index (Phi) is 6.68. The number of aryl methyl sites for hydroxylation is 1. The minimum Gasteiger partial charge on any atom is -0.464 e. The van der Waals surface area contributed by atoms with E-state index in [9.17, 15) is 4.79 Å². The molecule has 104 valence electrons. The molecule has 1 aromatic rings. The average molecular weight is 263 g/mol. The van der Waals surface area contributed by atoms with Gasteiger partial charge in [0.15, 0.2) is 0 Å². The Morgan fingerprint density at radius 1 is 1.47 bits per heavy atom. The predicted octanol–water partition coefficient (Wildman–Crippen LogP) is 2.78. The molecule has 19 heavy (non-hydrogen) atoms. The Hall–Kier alpha value is -1.81. The van der Waals surface area contributed by atoms with Crippen molar-refractivity contribution in [1.29, 1.82) is 0 Å². The first-order valence-electron chi connectivity index (χ1n) is 6.38. The van der Waals surface area contributed by atoms with Crippen LogP contribution >= 0.6 is 0 Å². The number of carbonyl (C=O) groups is 1. The maximum atomic E-state index is 11.7. The highest BCUT2D eigenvalue weighted by atomic mass is 16.5. The third-order valence-electron chi connectivity index (χ3n) is 2.58. The van der Waals surface area contributed by atoms with Crippen molar-refractivity contribution in [2.75, 3.05) is 13.7 Å². The predicted molar refractivity (Wildman–Crippen MR) is 74.8 cm³/mol. The third-order valence-corrected chi connectivity index (χ3v) is 2.58. The van der Waals surface area contributed by atoms with Crippen LogP contribution in [0, 0.1) is 0 Å². The number of allylic oxidation sites excluding steroid dienone is 3. The van der Waals surface area contributed by atoms with Gasteiger partial charge in [-0.25, -0.2) is 0 Å². The van der Waals surface area contributed by atoms with E-state index in [0.29, 0.717) is 12.4 Å². The smallest absolute Gasteiger partial charge is 0.244 e. The first-order valence-corrected chi connectivity index (χ1v) is 6.38. The van der Waals surface area contributed by atoms with Crippen molar-refractivity contribution < 1.29 is 13.9 Å². The number of amides is 1. The summed E-state index contributed by atoms with van der Waals surface area (Å²) in [4.78, 5) is 11.7. The van der Waals surface area contributed by atoms with Crippen molar-refractivity contribution in [2.45, 2.75) is 26.3 Å². The van der Waals surface area contributed by atoms with Gasteiger partial charge in [-0.1, -0.05) is 25.2 Å². The Bertz CT molecular complexity index is 446. The fourth-order valence-electron chi connectivity index (χ4n) is 1.61. The molecule has 1 atom stereocenters. The van der Waals surface area contributed by atoms with E-state index in [-0.39, 0.29) is 11.9 Å². The topological polar surface area (TPSA) is 51.5 Å². The van der Waals surface area contributed by atoms with Gasteiger partial charge in [-0.05, 0) is 19.1 Å². The van der Waals surface area contributed by atoms with Gasteiger partial charge < -0.3 is 14.5 Å². The summed E-state index contributed by atoms with van der Waals surface area (Å²) in [5.74, 6) is 1.44. The van der Waals surface area contributed by atoms with Crippen molar-refractivity contribution in [3.8, 4) is 0 Å². The zero-order valence-electron chi connectivity index (χ0n) is 11.7. The number of ether oxygens (including phenoxy) is 1. The molecule has 1 rings (SSSR count). The Labute approximate surface area is 114 Å². The SMILES string of the molecule is C/C=C/C=C/C(=O)N[C@H](COC)c1ccc(CC)o1. The Balaban J connectivity index is 2.69. The molecule has 1 aromatic heterocycles. The lowest BCUT2D eigenvalue weighted by Crippen LogP contribution is -2.29. The van der Waals surface area contributed by atoms with Crippen LogP contribution in [0.3, 0.4) is 0 Å². The van der Waals surface area contributed by atoms with E-state index in [0.717, 1.165) is 12.2 Å². The van der Waals surface area contributed by atoms with E-state index in [2.05, 4.69) is 5.32 Å². The first kappa shape index (κ1) is 15.2. The van der Waals surface area contributed by atoms with E-state index in [1.54, 1.807) is 19.3 Å². The number of hydrogen-bond donors (Lipinski definition) is 1. The molecule has 1 heterocycles. The number of rotatable bonds is 7. The second-order valence-corrected chi connectivity index (χ2v) is 4.06. The molecule has 0 saturated carbocycles. The van der Waals surface area contributed by atoms with Crippen molar-refractivity contribution in [3.05, 3.63) is 48.0 Å². The highest BCUT2D eigenvalue weighted by molar-refractivity contribution is 5.88. The standard InChI is InChI=1S/C15H21NO3/c1-4-6-7-8-15(17)16-13(11-18-3)14-10-9-12(5-2)19-14/h4,6-10,13H,5,11H2,1-3H3,(H,16,17)/b6-4+,8-7+/t13-/m1/s1. The minimum absolute atomic E-state index is 0.172. The fraction of sp³-hybridized carbons (Fsp3) is 0.400. The molecule has 1 amide bonds. The molecule has 0 saturated heterocycles. The zero-order valence-corrected chi connectivity index (χ0v) is 11.7. The highest BCUT2D eigenvalue weighted by Crippen LogP contribution is 2.17. The van der Waals surface area contributed by atoms with E-state index < -0.39 is 0 Å². The van der Waals surface area contributed by atoms with Gasteiger partial charge in [0.2, 0.25) is 5.91 Å². The van der Waals surface area contributed by atoms with Gasteiger partial charge in [-0.2, -0.15) is 0 Å². The van der Waals surface area contributed by atoms with Crippen molar-refractivity contribution in [2.24, 2.45) is 0 Å². The average Bonchev–Trinajstić information content (AvgIpc) is 2.87. The molecule has 0 unspecified atom stereocenters. The number of methoxy groups -OCH3 is 1. The van der Waals surface area contributed by atoms with E-state index in [1.165, 1.54) is 6.08 Å². The molecule has 0 spiro atoms. The molecule has 0 radical (unpaired) electrons. The molecule has 4 heteroatoms. The lowest BCUT2D eigenvalue weighted by Gasteiger charge is -2.14. The molecule has 0 aromatic carbocycles. The maximum absolute atomic E-state index is 11.7. The Morgan fingerprint density at radius 2 is 2.26 bits per heavy atom. The minimum atomic E-state index is -0.270. The van der Waals surface area contributed by atoms with Crippen molar-refractivity contribution in [1.82, 2.24) is 5.32 Å². The second-order valence-electron chi connectivity index (χ2n) is 4.06. The molecule has 0 bridgehead atoms. The van der Waals surface area contributed by atoms with Crippen LogP contribution in [0.25, 0.3) is 0 Å². The summed E-state index contributed by atoms with van der Waals surface area (Å²) in [6.07, 6.45) is 7.66. The second kappa shape index (κ2) is 8.32. The van der Waals surface area contributed by atoms with Crippen LogP contribution in [0.2, 0.25) is 0 Å². The number of hydrogen-bond acceptors (Lipinski definition) is 3. The van der Waals surface area contributed by atoms with Crippen LogP contribution in [0.4, 0.5) is 0 Å². The van der Waals surface area contributed by atoms with Gasteiger partial charge in [-0.3, -0.25) is 4.79 Å². The van der Waals surface area contributed by atoms with E-state index in [4.69, 9.17) is 9.15 Å². The molecule has 1 N–H and O–H groups in total. The summed E-state index contributed by atoms with van der Waals surface area (Å²) >= 11 is 0. The third kappa shape index (κ3) is 5.14. The van der Waals surface area contributed by atoms with Crippen LogP contribution in [-0.2, 0) is 16.0 Å². The first-order chi connectivity index (χ1) is 9.21. The highest BCUT2D eigenvalue weighted by Gasteiger charge is 2.16. The maximum Gasteiger partial charge on any atom is 0.244 e. The number of carbonyl (C=O) groups excluding carboxylic acids is 1. The molecule has 0 aliphatic heterocycles. The van der Waals surface area contributed by atoms with Gasteiger partial charge in [0.05, 0.1) is 6.61 Å². The summed E-state index contributed by atoms with van der Waals surface area (Å²) in [5, 5.41) is 2.85. The van der Waals surface area contributed by atoms with Gasteiger partial charge in [0.1, 0.15) is 17.6 Å². The van der Waals surface area contributed by atoms with Crippen LogP contribution in [0.5, 0.6) is 0 Å². The molecular formula is C15H21NO3. The van der Waals surface area contributed by atoms with Gasteiger partial charge in [-0.15, -0.1) is 0 Å². The van der Waals surface area contributed by atoms with Gasteiger partial charge in [0.25, 0.3) is 0 Å². The van der Waals surface area contributed by atoms with Crippen molar-refractivity contribution in [3.63, 3.8) is 0 Å². The molecule has 4 nitrogen and oxygen atoms in total. The summed E-state index contributed by atoms with van der Waals surface area (Å²) in [6, 6.07) is 3.52. The molecule has 0 aliphatic rings. The summed E-state index contributed by atoms with van der Waals surface area (Å²) in [5.41, 5.74) is 0. The van der Waals surface area contributed by atoms with Gasteiger partial charge in [0, 0.05) is 19.6 Å². The summed E-state index contributed by atoms with van der Waals surface area (Å²) in [6.45, 7) is 4.29. The summed E-state index contributed by atoms with van der Waals surface area (Å²) < 4.78 is 10.8. The van der Waals surface area contributed by atoms with E-state index >= 15 is 0 Å². The van der Waals surface area contributed by atoms with E-state index in [1.807, 2.05) is 32.1 Å². The number of furan rings is 1. The molecule has 0 fully saturated rings. The molecular weight excluding hydrogens is 242 g/mol. The van der Waals surface area contributed by atoms with Crippen LogP contribution in [0.15, 0.2) is 40.9 Å². The van der Waals surface area contributed by atoms with Gasteiger partial charge >= 0.3 is 0 Å². The zero-order chi connectivity index (χ0) is 14.1.